The van der Waals surface area contributed by atoms with E-state index in [0.29, 0.717) is 11.6 Å². The van der Waals surface area contributed by atoms with Crippen LogP contribution >= 0.6 is 0 Å². The van der Waals surface area contributed by atoms with E-state index in [9.17, 15) is 30.4 Å². The fourth-order valence-electron chi connectivity index (χ4n) is 2.77. The normalized spacial score (nSPS) is 17.9. The lowest BCUT2D eigenvalue weighted by Gasteiger charge is -2.24. The van der Waals surface area contributed by atoms with Crippen molar-refractivity contribution < 1.29 is 30.4 Å². The summed E-state index contributed by atoms with van der Waals surface area (Å²) in [5, 5.41) is 4.33. The third kappa shape index (κ3) is 3.95. The van der Waals surface area contributed by atoms with Crippen molar-refractivity contribution in [1.82, 2.24) is 0 Å². The Hall–Kier alpha value is -2.49. The zero-order valence-corrected chi connectivity index (χ0v) is 14.7. The largest absolute Gasteiger partial charge is 0.431 e. The van der Waals surface area contributed by atoms with Gasteiger partial charge >= 0.3 is 6.18 Å². The molecule has 4 nitrogen and oxygen atoms in total. The Labute approximate surface area is 151 Å². The number of nitrogens with zero attached hydrogens (tertiary/aromatic N) is 2. The van der Waals surface area contributed by atoms with Crippen molar-refractivity contribution in [3.63, 3.8) is 0 Å². The molecule has 0 unspecified atom stereocenters. The van der Waals surface area contributed by atoms with Gasteiger partial charge in [-0.25, -0.2) is 17.2 Å². The fourth-order valence-corrected chi connectivity index (χ4v) is 3.40. The van der Waals surface area contributed by atoms with Gasteiger partial charge in [-0.1, -0.05) is 12.1 Å². The van der Waals surface area contributed by atoms with E-state index >= 15 is 0 Å². The van der Waals surface area contributed by atoms with Crippen molar-refractivity contribution in [2.24, 2.45) is 5.10 Å². The van der Waals surface area contributed by atoms with Crippen LogP contribution in [0.5, 0.6) is 0 Å². The van der Waals surface area contributed by atoms with E-state index in [-0.39, 0.29) is 10.6 Å². The lowest BCUT2D eigenvalue weighted by molar-refractivity contribution is -0.0600. The Bertz CT molecular complexity index is 1000. The summed E-state index contributed by atoms with van der Waals surface area (Å²) in [7, 11) is -3.48. The van der Waals surface area contributed by atoms with Gasteiger partial charge in [0.2, 0.25) is 0 Å². The molecule has 2 aromatic carbocycles. The summed E-state index contributed by atoms with van der Waals surface area (Å²) in [5.41, 5.74) is -1.11. The first kappa shape index (κ1) is 19.3. The highest BCUT2D eigenvalue weighted by molar-refractivity contribution is 7.90. The van der Waals surface area contributed by atoms with Crippen LogP contribution in [0.1, 0.15) is 18.0 Å². The minimum Gasteiger partial charge on any atom is -0.254 e. The maximum atomic E-state index is 14.1. The van der Waals surface area contributed by atoms with Gasteiger partial charge in [0.05, 0.1) is 16.6 Å². The molecule has 0 fully saturated rings. The van der Waals surface area contributed by atoms with E-state index in [2.05, 4.69) is 5.10 Å². The third-order valence-electron chi connectivity index (χ3n) is 4.09. The quantitative estimate of drug-likeness (QED) is 0.720. The molecule has 1 aliphatic heterocycles. The number of sulfone groups is 1. The van der Waals surface area contributed by atoms with E-state index in [1.54, 1.807) is 0 Å². The highest BCUT2D eigenvalue weighted by atomic mass is 32.2. The molecule has 0 bridgehead atoms. The van der Waals surface area contributed by atoms with Crippen LogP contribution in [0.15, 0.2) is 52.5 Å². The lowest BCUT2D eigenvalue weighted by Crippen LogP contribution is -2.21. The monoisotopic (exact) mass is 404 g/mol. The molecule has 0 aromatic heterocycles. The van der Waals surface area contributed by atoms with Crippen molar-refractivity contribution in [1.29, 1.82) is 0 Å². The smallest absolute Gasteiger partial charge is 0.254 e. The standard InChI is InChI=1S/C17H13F5N2O2S/c1-27(25,26)12-5-2-10(3-6-12)15-9-16(17(20,21)22)23-24(15)14-7-4-11(18)8-13(14)19/h2-8,15H,9H2,1H3/t15-/m1/s1. The fraction of sp³-hybridized carbons (Fsp3) is 0.235. The summed E-state index contributed by atoms with van der Waals surface area (Å²) < 4.78 is 89.8. The van der Waals surface area contributed by atoms with Crippen molar-refractivity contribution in [2.45, 2.75) is 23.5 Å². The second kappa shape index (κ2) is 6.59. The first-order valence-electron chi connectivity index (χ1n) is 7.66. The van der Waals surface area contributed by atoms with Crippen LogP contribution in [0.3, 0.4) is 0 Å². The molecule has 0 aliphatic carbocycles. The number of benzene rings is 2. The maximum Gasteiger partial charge on any atom is 0.431 e. The molecule has 1 aliphatic rings. The molecule has 0 spiro atoms. The average Bonchev–Trinajstić information content (AvgIpc) is 2.99. The van der Waals surface area contributed by atoms with E-state index in [1.807, 2.05) is 0 Å². The van der Waals surface area contributed by atoms with Crippen LogP contribution in [0, 0.1) is 11.6 Å². The van der Waals surface area contributed by atoms with Crippen LogP contribution < -0.4 is 5.01 Å². The summed E-state index contributed by atoms with van der Waals surface area (Å²) in [6.07, 6.45) is -4.27. The van der Waals surface area contributed by atoms with Crippen molar-refractivity contribution >= 4 is 21.2 Å². The average molecular weight is 404 g/mol. The SMILES string of the molecule is CS(=O)(=O)c1ccc([C@H]2CC(C(F)(F)F)=NN2c2ccc(F)cc2F)cc1. The molecule has 0 saturated carbocycles. The Morgan fingerprint density at radius 2 is 1.70 bits per heavy atom. The van der Waals surface area contributed by atoms with E-state index in [4.69, 9.17) is 0 Å². The predicted molar refractivity (Wildman–Crippen MR) is 89.2 cm³/mol. The molecule has 1 atom stereocenters. The Morgan fingerprint density at radius 3 is 2.22 bits per heavy atom. The van der Waals surface area contributed by atoms with Crippen LogP contribution in [0.25, 0.3) is 0 Å². The van der Waals surface area contributed by atoms with E-state index < -0.39 is 45.8 Å². The molecular weight excluding hydrogens is 391 g/mol. The number of halogens is 5. The molecule has 144 valence electrons. The van der Waals surface area contributed by atoms with Gasteiger partial charge in [-0.3, -0.25) is 5.01 Å². The van der Waals surface area contributed by atoms with Crippen LogP contribution in [-0.2, 0) is 9.84 Å². The molecule has 27 heavy (non-hydrogen) atoms. The molecule has 1 heterocycles. The van der Waals surface area contributed by atoms with Crippen LogP contribution in [-0.4, -0.2) is 26.6 Å². The number of hydrazone groups is 1. The summed E-state index contributed by atoms with van der Waals surface area (Å²) in [6, 6.07) is 6.68. The van der Waals surface area contributed by atoms with Crippen molar-refractivity contribution in [3.8, 4) is 0 Å². The zero-order valence-electron chi connectivity index (χ0n) is 13.8. The topological polar surface area (TPSA) is 49.7 Å². The Balaban J connectivity index is 2.05. The molecule has 0 radical (unpaired) electrons. The Morgan fingerprint density at radius 1 is 1.07 bits per heavy atom. The van der Waals surface area contributed by atoms with E-state index in [0.717, 1.165) is 23.4 Å². The minimum absolute atomic E-state index is 0.000669. The van der Waals surface area contributed by atoms with Crippen molar-refractivity contribution in [2.75, 3.05) is 11.3 Å². The first-order valence-corrected chi connectivity index (χ1v) is 9.55. The summed E-state index contributed by atoms with van der Waals surface area (Å²) in [6.45, 7) is 0. The highest BCUT2D eigenvalue weighted by Crippen LogP contribution is 2.40. The number of rotatable bonds is 3. The summed E-state index contributed by atoms with van der Waals surface area (Å²) in [5.74, 6) is -1.93. The van der Waals surface area contributed by atoms with Gasteiger partial charge in [-0.15, -0.1) is 0 Å². The molecule has 2 aromatic rings. The second-order valence-corrected chi connectivity index (χ2v) is 8.06. The molecule has 0 N–H and O–H groups in total. The second-order valence-electron chi connectivity index (χ2n) is 6.05. The van der Waals surface area contributed by atoms with Gasteiger partial charge < -0.3 is 0 Å². The highest BCUT2D eigenvalue weighted by Gasteiger charge is 2.44. The Kier molecular flexibility index (Phi) is 4.71. The number of hydrogen-bond acceptors (Lipinski definition) is 4. The number of alkyl halides is 3. The zero-order chi connectivity index (χ0) is 20.0. The first-order chi connectivity index (χ1) is 12.5. The van der Waals surface area contributed by atoms with Crippen molar-refractivity contribution in [3.05, 3.63) is 59.7 Å². The summed E-state index contributed by atoms with van der Waals surface area (Å²) in [4.78, 5) is 0.000669. The summed E-state index contributed by atoms with van der Waals surface area (Å²) >= 11 is 0. The molecule has 0 amide bonds. The van der Waals surface area contributed by atoms with E-state index in [1.165, 1.54) is 24.3 Å². The third-order valence-corrected chi connectivity index (χ3v) is 5.22. The number of hydrogen-bond donors (Lipinski definition) is 0. The molecule has 10 heteroatoms. The minimum atomic E-state index is -4.71. The van der Waals surface area contributed by atoms with Gasteiger partial charge in [0.1, 0.15) is 11.5 Å². The molecule has 3 rings (SSSR count). The lowest BCUT2D eigenvalue weighted by atomic mass is 10.0. The van der Waals surface area contributed by atoms with Gasteiger partial charge in [-0.05, 0) is 29.8 Å². The van der Waals surface area contributed by atoms with Gasteiger partial charge in [0.25, 0.3) is 0 Å². The number of anilines is 1. The van der Waals surface area contributed by atoms with Gasteiger partial charge in [-0.2, -0.15) is 18.3 Å². The molecule has 0 saturated heterocycles. The van der Waals surface area contributed by atoms with Crippen LogP contribution in [0.4, 0.5) is 27.6 Å². The molecular formula is C17H13F5N2O2S. The maximum absolute atomic E-state index is 14.1. The van der Waals surface area contributed by atoms with Crippen LogP contribution in [0.2, 0.25) is 0 Å². The predicted octanol–water partition coefficient (Wildman–Crippen LogP) is 4.24. The van der Waals surface area contributed by atoms with Gasteiger partial charge in [0.15, 0.2) is 15.7 Å². The van der Waals surface area contributed by atoms with Gasteiger partial charge in [0, 0.05) is 18.7 Å².